The third-order valence-electron chi connectivity index (χ3n) is 2.93. The molecule has 0 saturated carbocycles. The zero-order valence-corrected chi connectivity index (χ0v) is 12.0. The molecule has 1 unspecified atom stereocenters. The van der Waals surface area contributed by atoms with Crippen LogP contribution in [0.3, 0.4) is 0 Å². The summed E-state index contributed by atoms with van der Waals surface area (Å²) in [5.41, 5.74) is -1.54. The molecule has 0 aliphatic carbocycles. The van der Waals surface area contributed by atoms with Crippen LogP contribution >= 0.6 is 18.9 Å². The number of aliphatic hydroxyl groups is 2. The summed E-state index contributed by atoms with van der Waals surface area (Å²) in [7, 11) is -2.37. The molecule has 5 N–H and O–H groups in total. The molecule has 0 amide bonds. The lowest BCUT2D eigenvalue weighted by Gasteiger charge is -2.13. The fourth-order valence-electron chi connectivity index (χ4n) is 1.93. The second-order valence-electron chi connectivity index (χ2n) is 4.20. The van der Waals surface area contributed by atoms with Gasteiger partial charge in [0.15, 0.2) is 0 Å². The molecule has 0 radical (unpaired) electrons. The van der Waals surface area contributed by atoms with Gasteiger partial charge in [-0.2, -0.15) is 0 Å². The van der Waals surface area contributed by atoms with Gasteiger partial charge in [0.1, 0.15) is 31.0 Å². The minimum atomic E-state index is -2.37. The molecule has 2 rings (SSSR count). The van der Waals surface area contributed by atoms with Gasteiger partial charge in [0.2, 0.25) is 0 Å². The van der Waals surface area contributed by atoms with Crippen LogP contribution < -0.4 is 11.2 Å². The van der Waals surface area contributed by atoms with Gasteiger partial charge < -0.3 is 19.9 Å². The number of aromatic nitrogens is 2. The molecule has 1 saturated heterocycles. The van der Waals surface area contributed by atoms with Crippen molar-refractivity contribution < 1.29 is 28.6 Å². The second-order valence-corrected chi connectivity index (χ2v) is 6.46. The van der Waals surface area contributed by atoms with Gasteiger partial charge >= 0.3 is 24.6 Å². The normalized spacial score (nSPS) is 29.6. The maximum Gasteiger partial charge on any atom is 0.616 e. The summed E-state index contributed by atoms with van der Waals surface area (Å²) in [6.45, 7) is -0.348. The summed E-state index contributed by atoms with van der Waals surface area (Å²) in [5.74, 6) is 0. The van der Waals surface area contributed by atoms with Crippen LogP contribution in [0.2, 0.25) is 0 Å². The Hall–Kier alpha value is -1.07. The van der Waals surface area contributed by atoms with Gasteiger partial charge in [-0.3, -0.25) is 14.3 Å². The first-order valence-corrected chi connectivity index (χ1v) is 8.25. The molecule has 21 heavy (non-hydrogen) atoms. The maximum absolute atomic E-state index is 11.6. The van der Waals surface area contributed by atoms with E-state index in [0.717, 1.165) is 6.20 Å². The Morgan fingerprint density at radius 2 is 2.10 bits per heavy atom. The molecule has 116 valence electrons. The van der Waals surface area contributed by atoms with E-state index in [2.05, 4.69) is 4.98 Å². The Labute approximate surface area is 121 Å². The molecule has 0 aromatic carbocycles. The van der Waals surface area contributed by atoms with E-state index in [0.29, 0.717) is 0 Å². The second kappa shape index (κ2) is 6.79. The molecule has 1 aliphatic heterocycles. The minimum Gasteiger partial charge on any atom is -0.387 e. The average Bonchev–Trinajstić information content (AvgIpc) is 2.73. The molecule has 1 aliphatic rings. The van der Waals surface area contributed by atoms with Crippen LogP contribution in [0.4, 0.5) is 0 Å². The molecule has 1 aromatic rings. The predicted octanol–water partition coefficient (Wildman–Crippen LogP) is -0.895. The Balaban J connectivity index is 2.14. The van der Waals surface area contributed by atoms with Crippen LogP contribution in [-0.2, 0) is 13.8 Å². The highest BCUT2D eigenvalue weighted by Crippen LogP contribution is 2.38. The third kappa shape index (κ3) is 3.58. The smallest absolute Gasteiger partial charge is 0.387 e. The quantitative estimate of drug-likeness (QED) is 0.338. The highest BCUT2D eigenvalue weighted by Gasteiger charge is 2.45. The molecule has 2 heterocycles. The molecule has 10 nitrogen and oxygen atoms in total. The monoisotopic (exact) mass is 339 g/mol. The van der Waals surface area contributed by atoms with Crippen molar-refractivity contribution in [2.24, 2.45) is 0 Å². The van der Waals surface area contributed by atoms with E-state index in [4.69, 9.17) is 13.8 Å². The summed E-state index contributed by atoms with van der Waals surface area (Å²) < 4.78 is 29.5. The standard InChI is InChI=1S/C9H11N2O8PS/c12-5-4(2-18-20(16)21-17)19-7(6(5)13)3-1-10-9(15)11-8(3)14/h1,4-7,12-13H,2H2,(H2-,10,11,14,15,17)/p+1/t4-,5-,6-,7+/m1/s1. The largest absolute Gasteiger partial charge is 0.616 e. The van der Waals surface area contributed by atoms with E-state index < -0.39 is 42.9 Å². The molecule has 0 bridgehead atoms. The summed E-state index contributed by atoms with van der Waals surface area (Å²) in [4.78, 5) is 26.8. The lowest BCUT2D eigenvalue weighted by Crippen LogP contribution is -2.34. The third-order valence-corrected chi connectivity index (χ3v) is 4.14. The molecule has 0 spiro atoms. The van der Waals surface area contributed by atoms with Crippen LogP contribution in [0.15, 0.2) is 15.8 Å². The molecular formula is C9H12N2O8PS+. The Kier molecular flexibility index (Phi) is 5.27. The number of aromatic amines is 2. The van der Waals surface area contributed by atoms with Gasteiger partial charge in [0, 0.05) is 6.20 Å². The van der Waals surface area contributed by atoms with Crippen LogP contribution in [0, 0.1) is 0 Å². The van der Waals surface area contributed by atoms with Crippen molar-refractivity contribution in [2.45, 2.75) is 24.4 Å². The Morgan fingerprint density at radius 1 is 1.38 bits per heavy atom. The Bertz CT molecular complexity index is 633. The van der Waals surface area contributed by atoms with Crippen molar-refractivity contribution in [3.8, 4) is 0 Å². The van der Waals surface area contributed by atoms with Crippen molar-refractivity contribution in [1.82, 2.24) is 9.97 Å². The number of nitrogens with one attached hydrogen (secondary N) is 2. The zero-order chi connectivity index (χ0) is 15.6. The van der Waals surface area contributed by atoms with E-state index in [1.54, 1.807) is 0 Å². The highest BCUT2D eigenvalue weighted by molar-refractivity contribution is 8.47. The van der Waals surface area contributed by atoms with Crippen molar-refractivity contribution in [1.29, 1.82) is 0 Å². The summed E-state index contributed by atoms with van der Waals surface area (Å²) in [6, 6.07) is 0. The van der Waals surface area contributed by atoms with Gasteiger partial charge in [-0.05, 0) is 4.57 Å². The van der Waals surface area contributed by atoms with Gasteiger partial charge in [-0.1, -0.05) is 0 Å². The van der Waals surface area contributed by atoms with Crippen molar-refractivity contribution in [3.63, 3.8) is 0 Å². The minimum absolute atomic E-state index is 0.00402. The Morgan fingerprint density at radius 3 is 2.71 bits per heavy atom. The van der Waals surface area contributed by atoms with Crippen LogP contribution in [0.25, 0.3) is 0 Å². The number of hydrogen-bond acceptors (Lipinski definition) is 9. The number of ether oxygens (including phenoxy) is 1. The zero-order valence-electron chi connectivity index (χ0n) is 10.3. The molecule has 1 fully saturated rings. The average molecular weight is 339 g/mol. The van der Waals surface area contributed by atoms with E-state index in [9.17, 15) is 24.4 Å². The van der Waals surface area contributed by atoms with Crippen molar-refractivity contribution in [3.05, 3.63) is 32.6 Å². The number of rotatable bonds is 5. The number of aliphatic hydroxyl groups excluding tert-OH is 2. The van der Waals surface area contributed by atoms with E-state index in [-0.39, 0.29) is 23.8 Å². The highest BCUT2D eigenvalue weighted by atomic mass is 32.7. The van der Waals surface area contributed by atoms with Gasteiger partial charge in [0.05, 0.1) is 5.56 Å². The van der Waals surface area contributed by atoms with Gasteiger partial charge in [0.25, 0.3) is 5.56 Å². The first-order chi connectivity index (χ1) is 9.93. The summed E-state index contributed by atoms with van der Waals surface area (Å²) in [5, 5.41) is 19.7. The predicted molar refractivity (Wildman–Crippen MR) is 71.1 cm³/mol. The van der Waals surface area contributed by atoms with E-state index >= 15 is 0 Å². The molecule has 12 heteroatoms. The number of hydrogen-bond donors (Lipinski definition) is 5. The molecular weight excluding hydrogens is 327 g/mol. The van der Waals surface area contributed by atoms with Gasteiger partial charge in [-0.25, -0.2) is 4.79 Å². The van der Waals surface area contributed by atoms with Crippen molar-refractivity contribution in [2.75, 3.05) is 6.61 Å². The van der Waals surface area contributed by atoms with Gasteiger partial charge in [-0.15, -0.1) is 4.52 Å². The molecule has 5 atom stereocenters. The maximum atomic E-state index is 11.6. The fraction of sp³-hybridized carbons (Fsp3) is 0.556. The van der Waals surface area contributed by atoms with E-state index in [1.807, 2.05) is 4.98 Å². The first-order valence-electron chi connectivity index (χ1n) is 5.69. The van der Waals surface area contributed by atoms with Crippen LogP contribution in [0.1, 0.15) is 11.7 Å². The van der Waals surface area contributed by atoms with E-state index in [1.165, 1.54) is 0 Å². The number of H-pyrrole nitrogens is 2. The molecule has 1 aromatic heterocycles. The summed E-state index contributed by atoms with van der Waals surface area (Å²) in [6.07, 6.45) is -3.94. The topological polar surface area (TPSA) is 162 Å². The van der Waals surface area contributed by atoms with Crippen LogP contribution in [-0.4, -0.2) is 49.7 Å². The first kappa shape index (κ1) is 16.3. The van der Waals surface area contributed by atoms with Crippen molar-refractivity contribution >= 4 is 18.9 Å². The summed E-state index contributed by atoms with van der Waals surface area (Å²) >= 11 is 0.00402. The van der Waals surface area contributed by atoms with Crippen LogP contribution in [0.5, 0.6) is 0 Å². The fourth-order valence-corrected chi connectivity index (χ4v) is 2.57. The SMILES string of the molecule is O=c1[nH]cc([C@@H]2O[C@H](CO[P+](=O)SO)[C@@H](O)[C@H]2O)c(=O)[nH]1. The lowest BCUT2D eigenvalue weighted by molar-refractivity contribution is -0.0154. The lowest BCUT2D eigenvalue weighted by atomic mass is 10.0.